The molecule has 162 valence electrons. The highest BCUT2D eigenvalue weighted by atomic mass is 16.5. The zero-order valence-corrected chi connectivity index (χ0v) is 18.1. The molecule has 1 unspecified atom stereocenters. The molecule has 6 heteroatoms. The maximum atomic E-state index is 5.74. The third-order valence-corrected chi connectivity index (χ3v) is 5.30. The molecule has 0 spiro atoms. The van der Waals surface area contributed by atoms with Crippen LogP contribution in [0.5, 0.6) is 5.75 Å². The molecule has 1 aliphatic heterocycles. The number of unbranched alkanes of at least 4 members (excludes halogenated alkanes) is 1. The van der Waals surface area contributed by atoms with Crippen LogP contribution in [0.4, 0.5) is 5.69 Å². The first-order valence-electron chi connectivity index (χ1n) is 10.8. The highest BCUT2D eigenvalue weighted by Gasteiger charge is 2.25. The van der Waals surface area contributed by atoms with Crippen LogP contribution >= 0.6 is 0 Å². The van der Waals surface area contributed by atoms with Crippen molar-refractivity contribution in [3.63, 3.8) is 0 Å². The second-order valence-corrected chi connectivity index (χ2v) is 7.49. The van der Waals surface area contributed by atoms with Gasteiger partial charge in [-0.15, -0.1) is 0 Å². The maximum Gasteiger partial charge on any atom is 0.191 e. The van der Waals surface area contributed by atoms with Gasteiger partial charge < -0.3 is 25.0 Å². The molecule has 2 aromatic carbocycles. The molecular weight excluding hydrogens is 376 g/mol. The van der Waals surface area contributed by atoms with E-state index in [1.807, 2.05) is 37.4 Å². The van der Waals surface area contributed by atoms with Crippen molar-refractivity contribution < 1.29 is 9.47 Å². The van der Waals surface area contributed by atoms with E-state index in [-0.39, 0.29) is 0 Å². The molecule has 6 nitrogen and oxygen atoms in total. The largest absolute Gasteiger partial charge is 0.495 e. The summed E-state index contributed by atoms with van der Waals surface area (Å²) in [6.45, 7) is 4.29. The minimum atomic E-state index is 0.371. The van der Waals surface area contributed by atoms with E-state index in [4.69, 9.17) is 9.47 Å². The zero-order valence-electron chi connectivity index (χ0n) is 18.1. The van der Waals surface area contributed by atoms with E-state index < -0.39 is 0 Å². The molecule has 0 aliphatic carbocycles. The van der Waals surface area contributed by atoms with Gasteiger partial charge in [-0.1, -0.05) is 42.5 Å². The van der Waals surface area contributed by atoms with Crippen molar-refractivity contribution >= 4 is 11.6 Å². The summed E-state index contributed by atoms with van der Waals surface area (Å²) in [5.41, 5.74) is 2.38. The number of hydrogen-bond acceptors (Lipinski definition) is 4. The SMILES string of the molecule is CN=C(NCCCCOCc1ccccc1)NC1CCN(c2ccccc2OC)C1. The number of nitrogens with one attached hydrogen (secondary N) is 2. The Morgan fingerprint density at radius 2 is 1.90 bits per heavy atom. The summed E-state index contributed by atoms with van der Waals surface area (Å²) in [5.74, 6) is 1.79. The highest BCUT2D eigenvalue weighted by Crippen LogP contribution is 2.30. The Balaban J connectivity index is 1.31. The number of methoxy groups -OCH3 is 1. The molecule has 0 saturated carbocycles. The van der Waals surface area contributed by atoms with Crippen LogP contribution < -0.4 is 20.3 Å². The van der Waals surface area contributed by atoms with E-state index in [0.717, 1.165) is 62.9 Å². The van der Waals surface area contributed by atoms with Crippen LogP contribution in [-0.4, -0.2) is 52.4 Å². The minimum Gasteiger partial charge on any atom is -0.495 e. The number of guanidine groups is 1. The fourth-order valence-corrected chi connectivity index (χ4v) is 3.68. The molecule has 0 bridgehead atoms. The van der Waals surface area contributed by atoms with Crippen molar-refractivity contribution in [3.05, 3.63) is 60.2 Å². The molecular formula is C24H34N4O2. The normalized spacial score (nSPS) is 16.5. The van der Waals surface area contributed by atoms with Gasteiger partial charge in [-0.05, 0) is 37.0 Å². The molecule has 0 amide bonds. The molecule has 1 fully saturated rings. The van der Waals surface area contributed by atoms with Crippen molar-refractivity contribution in [2.24, 2.45) is 4.99 Å². The second-order valence-electron chi connectivity index (χ2n) is 7.49. The molecule has 1 atom stereocenters. The smallest absolute Gasteiger partial charge is 0.191 e. The maximum absolute atomic E-state index is 5.74. The van der Waals surface area contributed by atoms with Gasteiger partial charge in [0.1, 0.15) is 5.75 Å². The molecule has 1 aliphatic rings. The number of benzene rings is 2. The predicted octanol–water partition coefficient (Wildman–Crippen LogP) is 3.44. The number of hydrogen-bond donors (Lipinski definition) is 2. The van der Waals surface area contributed by atoms with E-state index in [0.29, 0.717) is 12.6 Å². The lowest BCUT2D eigenvalue weighted by Gasteiger charge is -2.22. The quantitative estimate of drug-likeness (QED) is 0.357. The summed E-state index contributed by atoms with van der Waals surface area (Å²) in [6.07, 6.45) is 3.15. The molecule has 1 saturated heterocycles. The molecule has 0 aromatic heterocycles. The van der Waals surface area contributed by atoms with Gasteiger partial charge in [0.25, 0.3) is 0 Å². The molecule has 1 heterocycles. The van der Waals surface area contributed by atoms with Crippen LogP contribution in [0.1, 0.15) is 24.8 Å². The van der Waals surface area contributed by atoms with Crippen molar-refractivity contribution in [1.29, 1.82) is 0 Å². The Labute approximate surface area is 180 Å². The Kier molecular flexibility index (Phi) is 8.84. The van der Waals surface area contributed by atoms with Crippen LogP contribution in [0.2, 0.25) is 0 Å². The van der Waals surface area contributed by atoms with Gasteiger partial charge in [-0.3, -0.25) is 4.99 Å². The van der Waals surface area contributed by atoms with E-state index >= 15 is 0 Å². The summed E-state index contributed by atoms with van der Waals surface area (Å²) in [5, 5.41) is 6.97. The third kappa shape index (κ3) is 6.66. The van der Waals surface area contributed by atoms with Crippen molar-refractivity contribution in [1.82, 2.24) is 10.6 Å². The number of aliphatic imine (C=N–C) groups is 1. The Morgan fingerprint density at radius 3 is 2.70 bits per heavy atom. The fraction of sp³-hybridized carbons (Fsp3) is 0.458. The molecule has 30 heavy (non-hydrogen) atoms. The van der Waals surface area contributed by atoms with Gasteiger partial charge in [-0.25, -0.2) is 0 Å². The van der Waals surface area contributed by atoms with Crippen LogP contribution in [0.25, 0.3) is 0 Å². The average molecular weight is 411 g/mol. The molecule has 0 radical (unpaired) electrons. The lowest BCUT2D eigenvalue weighted by molar-refractivity contribution is 0.117. The average Bonchev–Trinajstić information content (AvgIpc) is 3.26. The van der Waals surface area contributed by atoms with Gasteiger partial charge in [0.2, 0.25) is 0 Å². The third-order valence-electron chi connectivity index (χ3n) is 5.30. The Bertz CT molecular complexity index is 782. The lowest BCUT2D eigenvalue weighted by atomic mass is 10.2. The molecule has 2 aromatic rings. The predicted molar refractivity (Wildman–Crippen MR) is 123 cm³/mol. The van der Waals surface area contributed by atoms with Gasteiger partial charge in [0, 0.05) is 39.3 Å². The van der Waals surface area contributed by atoms with Crippen molar-refractivity contribution in [3.8, 4) is 5.75 Å². The monoisotopic (exact) mass is 410 g/mol. The number of nitrogens with zero attached hydrogens (tertiary/aromatic N) is 2. The second kappa shape index (κ2) is 12.1. The zero-order chi connectivity index (χ0) is 21.0. The molecule has 3 rings (SSSR count). The minimum absolute atomic E-state index is 0.371. The topological polar surface area (TPSA) is 58.1 Å². The number of para-hydroxylation sites is 2. The summed E-state index contributed by atoms with van der Waals surface area (Å²) in [7, 11) is 3.55. The van der Waals surface area contributed by atoms with E-state index in [9.17, 15) is 0 Å². The number of rotatable bonds is 10. The number of ether oxygens (including phenoxy) is 2. The van der Waals surface area contributed by atoms with Crippen LogP contribution in [0.15, 0.2) is 59.6 Å². The highest BCUT2D eigenvalue weighted by molar-refractivity contribution is 5.80. The van der Waals surface area contributed by atoms with E-state index in [2.05, 4.69) is 44.8 Å². The number of anilines is 1. The summed E-state index contributed by atoms with van der Waals surface area (Å²) < 4.78 is 11.2. The van der Waals surface area contributed by atoms with E-state index in [1.54, 1.807) is 7.11 Å². The van der Waals surface area contributed by atoms with Gasteiger partial charge >= 0.3 is 0 Å². The summed E-state index contributed by atoms with van der Waals surface area (Å²) >= 11 is 0. The first-order chi connectivity index (χ1) is 14.8. The van der Waals surface area contributed by atoms with Crippen molar-refractivity contribution in [2.75, 3.05) is 45.3 Å². The Morgan fingerprint density at radius 1 is 1.10 bits per heavy atom. The first kappa shape index (κ1) is 22.0. The lowest BCUT2D eigenvalue weighted by Crippen LogP contribution is -2.44. The van der Waals surface area contributed by atoms with E-state index in [1.165, 1.54) is 5.56 Å². The fourth-order valence-electron chi connectivity index (χ4n) is 3.68. The summed E-state index contributed by atoms with van der Waals surface area (Å²) in [6, 6.07) is 18.9. The van der Waals surface area contributed by atoms with Crippen molar-refractivity contribution in [2.45, 2.75) is 31.9 Å². The first-order valence-corrected chi connectivity index (χ1v) is 10.8. The molecule has 2 N–H and O–H groups in total. The van der Waals surface area contributed by atoms with Crippen LogP contribution in [-0.2, 0) is 11.3 Å². The van der Waals surface area contributed by atoms with Gasteiger partial charge in [0.05, 0.1) is 19.4 Å². The standard InChI is InChI=1S/C24H34N4O2/c1-25-24(26-15-8-9-17-30-19-20-10-4-3-5-11-20)27-21-14-16-28(18-21)22-12-6-7-13-23(22)29-2/h3-7,10-13,21H,8-9,14-19H2,1-2H3,(H2,25,26,27). The van der Waals surface area contributed by atoms with Crippen LogP contribution in [0, 0.1) is 0 Å². The van der Waals surface area contributed by atoms with Gasteiger partial charge in [-0.2, -0.15) is 0 Å². The summed E-state index contributed by atoms with van der Waals surface area (Å²) in [4.78, 5) is 6.75. The Hall–Kier alpha value is -2.73. The van der Waals surface area contributed by atoms with Gasteiger partial charge in [0.15, 0.2) is 5.96 Å². The van der Waals surface area contributed by atoms with Crippen LogP contribution in [0.3, 0.4) is 0 Å².